The highest BCUT2D eigenvalue weighted by Gasteiger charge is 2.15. The third kappa shape index (κ3) is 4.26. The van der Waals surface area contributed by atoms with E-state index < -0.39 is 15.7 Å². The minimum Gasteiger partial charge on any atom is -0.298 e. The van der Waals surface area contributed by atoms with Crippen molar-refractivity contribution in [2.24, 2.45) is 0 Å². The van der Waals surface area contributed by atoms with Gasteiger partial charge in [0.15, 0.2) is 15.0 Å². The van der Waals surface area contributed by atoms with E-state index in [9.17, 15) is 13.2 Å². The second-order valence-corrected chi connectivity index (χ2v) is 9.44. The highest BCUT2D eigenvalue weighted by Crippen LogP contribution is 2.31. The van der Waals surface area contributed by atoms with Crippen LogP contribution in [0.2, 0.25) is 0 Å². The SMILES string of the molecule is Cc1cc(C)c(-c2csc(NC(=O)c3cccc(S(C)(=O)=O)c3)n2)c(C)c1. The highest BCUT2D eigenvalue weighted by molar-refractivity contribution is 7.90. The maximum absolute atomic E-state index is 12.5. The fraction of sp³-hybridized carbons (Fsp3) is 0.200. The third-order valence-corrected chi connectivity index (χ3v) is 6.05. The first-order valence-electron chi connectivity index (χ1n) is 8.30. The molecule has 0 fully saturated rings. The minimum absolute atomic E-state index is 0.112. The molecule has 3 aromatic rings. The summed E-state index contributed by atoms with van der Waals surface area (Å²) in [5, 5.41) is 5.13. The van der Waals surface area contributed by atoms with Crippen molar-refractivity contribution in [1.29, 1.82) is 0 Å². The Bertz CT molecular complexity index is 1110. The van der Waals surface area contributed by atoms with Gasteiger partial charge in [-0.1, -0.05) is 23.8 Å². The van der Waals surface area contributed by atoms with Crippen molar-refractivity contribution < 1.29 is 13.2 Å². The van der Waals surface area contributed by atoms with Crippen molar-refractivity contribution in [3.8, 4) is 11.3 Å². The Kier molecular flexibility index (Phi) is 5.17. The number of hydrogen-bond donors (Lipinski definition) is 1. The van der Waals surface area contributed by atoms with Gasteiger partial charge < -0.3 is 0 Å². The molecular weight excluding hydrogens is 380 g/mol. The number of amides is 1. The summed E-state index contributed by atoms with van der Waals surface area (Å²) in [6.45, 7) is 6.15. The summed E-state index contributed by atoms with van der Waals surface area (Å²) in [5.41, 5.74) is 5.63. The zero-order valence-corrected chi connectivity index (χ0v) is 17.2. The Labute approximate surface area is 163 Å². The monoisotopic (exact) mass is 400 g/mol. The van der Waals surface area contributed by atoms with Crippen molar-refractivity contribution in [1.82, 2.24) is 4.98 Å². The van der Waals surface area contributed by atoms with Gasteiger partial charge in [-0.05, 0) is 50.1 Å². The number of carbonyl (C=O) groups is 1. The van der Waals surface area contributed by atoms with Crippen LogP contribution in [-0.4, -0.2) is 25.6 Å². The van der Waals surface area contributed by atoms with Crippen LogP contribution in [-0.2, 0) is 9.84 Å². The van der Waals surface area contributed by atoms with Gasteiger partial charge in [0.05, 0.1) is 10.6 Å². The number of nitrogens with zero attached hydrogens (tertiary/aromatic N) is 1. The molecule has 0 saturated carbocycles. The average Bonchev–Trinajstić information content (AvgIpc) is 3.01. The number of aromatic nitrogens is 1. The zero-order valence-electron chi connectivity index (χ0n) is 15.5. The average molecular weight is 401 g/mol. The molecule has 27 heavy (non-hydrogen) atoms. The van der Waals surface area contributed by atoms with Crippen molar-refractivity contribution in [2.45, 2.75) is 25.7 Å². The fourth-order valence-electron chi connectivity index (χ4n) is 3.07. The molecule has 0 aliphatic heterocycles. The van der Waals surface area contributed by atoms with Crippen molar-refractivity contribution in [2.75, 3.05) is 11.6 Å². The van der Waals surface area contributed by atoms with E-state index in [-0.39, 0.29) is 10.5 Å². The van der Waals surface area contributed by atoms with Crippen LogP contribution in [0.15, 0.2) is 46.7 Å². The normalized spacial score (nSPS) is 11.4. The molecule has 0 aliphatic rings. The molecule has 3 rings (SSSR count). The molecule has 2 aromatic carbocycles. The summed E-state index contributed by atoms with van der Waals surface area (Å²) >= 11 is 1.34. The molecule has 7 heteroatoms. The predicted molar refractivity (Wildman–Crippen MR) is 109 cm³/mol. The van der Waals surface area contributed by atoms with E-state index in [1.165, 1.54) is 29.0 Å². The first-order chi connectivity index (χ1) is 12.6. The lowest BCUT2D eigenvalue weighted by molar-refractivity contribution is 0.102. The largest absolute Gasteiger partial charge is 0.298 e. The van der Waals surface area contributed by atoms with E-state index in [0.29, 0.717) is 5.13 Å². The molecule has 0 unspecified atom stereocenters. The molecule has 5 nitrogen and oxygen atoms in total. The van der Waals surface area contributed by atoms with Gasteiger partial charge >= 0.3 is 0 Å². The molecular formula is C20H20N2O3S2. The molecule has 0 atom stereocenters. The van der Waals surface area contributed by atoms with Gasteiger partial charge in [0.25, 0.3) is 5.91 Å². The molecule has 0 saturated heterocycles. The molecule has 0 bridgehead atoms. The summed E-state index contributed by atoms with van der Waals surface area (Å²) in [7, 11) is -3.37. The van der Waals surface area contributed by atoms with Crippen LogP contribution in [0.4, 0.5) is 5.13 Å². The lowest BCUT2D eigenvalue weighted by atomic mass is 9.98. The van der Waals surface area contributed by atoms with E-state index in [4.69, 9.17) is 0 Å². The Hall–Kier alpha value is -2.51. The van der Waals surface area contributed by atoms with Crippen LogP contribution in [0.3, 0.4) is 0 Å². The molecule has 0 spiro atoms. The van der Waals surface area contributed by atoms with Crippen LogP contribution >= 0.6 is 11.3 Å². The molecule has 140 valence electrons. The number of anilines is 1. The Morgan fingerprint density at radius 2 is 1.74 bits per heavy atom. The lowest BCUT2D eigenvalue weighted by Gasteiger charge is -2.08. The van der Waals surface area contributed by atoms with E-state index in [1.54, 1.807) is 12.1 Å². The number of rotatable bonds is 4. The molecule has 1 amide bonds. The quantitative estimate of drug-likeness (QED) is 0.705. The zero-order chi connectivity index (χ0) is 19.8. The summed E-state index contributed by atoms with van der Waals surface area (Å²) < 4.78 is 23.3. The molecule has 0 aliphatic carbocycles. The van der Waals surface area contributed by atoms with Gasteiger partial charge in [-0.3, -0.25) is 10.1 Å². The van der Waals surface area contributed by atoms with Gasteiger partial charge in [0.2, 0.25) is 0 Å². The van der Waals surface area contributed by atoms with Crippen LogP contribution in [0.1, 0.15) is 27.0 Å². The molecule has 0 radical (unpaired) electrons. The van der Waals surface area contributed by atoms with Gasteiger partial charge in [-0.2, -0.15) is 0 Å². The van der Waals surface area contributed by atoms with E-state index in [0.717, 1.165) is 28.6 Å². The summed E-state index contributed by atoms with van der Waals surface area (Å²) in [6, 6.07) is 10.2. The number of sulfone groups is 1. The van der Waals surface area contributed by atoms with E-state index in [2.05, 4.69) is 29.4 Å². The fourth-order valence-corrected chi connectivity index (χ4v) is 4.43. The first kappa shape index (κ1) is 19.3. The number of aryl methyl sites for hydroxylation is 3. The summed E-state index contributed by atoms with van der Waals surface area (Å²) in [6.07, 6.45) is 1.11. The second-order valence-electron chi connectivity index (χ2n) is 6.57. The minimum atomic E-state index is -3.37. The Morgan fingerprint density at radius 1 is 1.07 bits per heavy atom. The maximum Gasteiger partial charge on any atom is 0.257 e. The Balaban J connectivity index is 1.86. The van der Waals surface area contributed by atoms with Crippen molar-refractivity contribution >= 4 is 32.2 Å². The molecule has 1 N–H and O–H groups in total. The third-order valence-electron chi connectivity index (χ3n) is 4.18. The Morgan fingerprint density at radius 3 is 2.37 bits per heavy atom. The first-order valence-corrected chi connectivity index (χ1v) is 11.1. The van der Waals surface area contributed by atoms with Gasteiger partial charge in [-0.15, -0.1) is 11.3 Å². The summed E-state index contributed by atoms with van der Waals surface area (Å²) in [5.74, 6) is -0.390. The van der Waals surface area contributed by atoms with Crippen LogP contribution in [0.5, 0.6) is 0 Å². The number of hydrogen-bond acceptors (Lipinski definition) is 5. The number of nitrogens with one attached hydrogen (secondary N) is 1. The second kappa shape index (κ2) is 7.25. The van der Waals surface area contributed by atoms with Gasteiger partial charge in [-0.25, -0.2) is 13.4 Å². The molecule has 1 aromatic heterocycles. The highest BCUT2D eigenvalue weighted by atomic mass is 32.2. The molecule has 1 heterocycles. The van der Waals surface area contributed by atoms with E-state index in [1.807, 2.05) is 19.2 Å². The van der Waals surface area contributed by atoms with Crippen LogP contribution < -0.4 is 5.32 Å². The number of benzene rings is 2. The van der Waals surface area contributed by atoms with E-state index >= 15 is 0 Å². The number of carbonyl (C=O) groups excluding carboxylic acids is 1. The van der Waals surface area contributed by atoms with Crippen LogP contribution in [0.25, 0.3) is 11.3 Å². The van der Waals surface area contributed by atoms with Gasteiger partial charge in [0.1, 0.15) is 0 Å². The summed E-state index contributed by atoms with van der Waals surface area (Å²) in [4.78, 5) is 17.1. The number of thiazole rings is 1. The van der Waals surface area contributed by atoms with Crippen molar-refractivity contribution in [3.05, 3.63) is 64.0 Å². The van der Waals surface area contributed by atoms with Crippen LogP contribution in [0, 0.1) is 20.8 Å². The standard InChI is InChI=1S/C20H20N2O3S2/c1-12-8-13(2)18(14(3)9-12)17-11-26-20(21-17)22-19(23)15-6-5-7-16(10-15)27(4,24)25/h5-11H,1-4H3,(H,21,22,23). The van der Waals surface area contributed by atoms with Gasteiger partial charge in [0, 0.05) is 22.8 Å². The maximum atomic E-state index is 12.5. The lowest BCUT2D eigenvalue weighted by Crippen LogP contribution is -2.12. The smallest absolute Gasteiger partial charge is 0.257 e. The van der Waals surface area contributed by atoms with Crippen molar-refractivity contribution in [3.63, 3.8) is 0 Å². The topological polar surface area (TPSA) is 76.1 Å². The predicted octanol–water partition coefficient (Wildman–Crippen LogP) is 4.39.